The Bertz CT molecular complexity index is 358. The van der Waals surface area contributed by atoms with Crippen molar-refractivity contribution in [2.24, 2.45) is 29.4 Å². The highest BCUT2D eigenvalue weighted by Crippen LogP contribution is 2.60. The van der Waals surface area contributed by atoms with Crippen molar-refractivity contribution in [1.82, 2.24) is 9.80 Å². The van der Waals surface area contributed by atoms with E-state index in [9.17, 15) is 0 Å². The van der Waals surface area contributed by atoms with E-state index in [0.717, 1.165) is 36.3 Å². The average Bonchev–Trinajstić information content (AvgIpc) is 2.47. The van der Waals surface area contributed by atoms with Crippen molar-refractivity contribution in [2.75, 3.05) is 33.7 Å². The zero-order valence-electron chi connectivity index (χ0n) is 13.9. The van der Waals surface area contributed by atoms with E-state index in [-0.39, 0.29) is 0 Å². The van der Waals surface area contributed by atoms with Gasteiger partial charge in [0, 0.05) is 18.1 Å². The van der Waals surface area contributed by atoms with Crippen LogP contribution in [0.4, 0.5) is 0 Å². The molecule has 0 spiro atoms. The van der Waals surface area contributed by atoms with Crippen LogP contribution in [-0.4, -0.2) is 55.1 Å². The summed E-state index contributed by atoms with van der Waals surface area (Å²) in [4.78, 5) is 5.28. The minimum atomic E-state index is 0.341. The minimum absolute atomic E-state index is 0.341. The third-order valence-corrected chi connectivity index (χ3v) is 7.77. The Balaban J connectivity index is 1.58. The van der Waals surface area contributed by atoms with Crippen LogP contribution in [-0.2, 0) is 0 Å². The summed E-state index contributed by atoms with van der Waals surface area (Å²) in [7, 11) is 4.68. The van der Waals surface area contributed by atoms with E-state index in [0.29, 0.717) is 5.54 Å². The molecule has 3 heteroatoms. The first kappa shape index (κ1) is 14.5. The van der Waals surface area contributed by atoms with Crippen LogP contribution in [0.5, 0.6) is 0 Å². The molecule has 4 bridgehead atoms. The highest BCUT2D eigenvalue weighted by molar-refractivity contribution is 5.13. The standard InChI is InChI=1S/C18H33N3/c1-20-5-3-17(4-6-20)21(2)18(12-19)15-8-13-7-14(10-15)11-16(18)9-13/h13-17H,3-12,19H2,1-2H3. The molecule has 0 aromatic heterocycles. The van der Waals surface area contributed by atoms with Gasteiger partial charge in [-0.1, -0.05) is 0 Å². The molecule has 0 radical (unpaired) electrons. The van der Waals surface area contributed by atoms with Gasteiger partial charge < -0.3 is 10.6 Å². The Morgan fingerprint density at radius 1 is 1.00 bits per heavy atom. The number of hydrogen-bond donors (Lipinski definition) is 1. The molecular formula is C18H33N3. The molecule has 0 unspecified atom stereocenters. The summed E-state index contributed by atoms with van der Waals surface area (Å²) in [6, 6.07) is 0.766. The summed E-state index contributed by atoms with van der Waals surface area (Å²) < 4.78 is 0. The fourth-order valence-electron chi connectivity index (χ4n) is 6.78. The molecule has 4 saturated carbocycles. The predicted molar refractivity (Wildman–Crippen MR) is 87.1 cm³/mol. The van der Waals surface area contributed by atoms with Gasteiger partial charge in [0.2, 0.25) is 0 Å². The van der Waals surface area contributed by atoms with Crippen molar-refractivity contribution in [3.8, 4) is 0 Å². The molecule has 0 atom stereocenters. The number of hydrogen-bond acceptors (Lipinski definition) is 3. The van der Waals surface area contributed by atoms with Gasteiger partial charge in [-0.3, -0.25) is 4.90 Å². The lowest BCUT2D eigenvalue weighted by atomic mass is 9.48. The zero-order valence-corrected chi connectivity index (χ0v) is 13.9. The van der Waals surface area contributed by atoms with Crippen LogP contribution in [0.1, 0.15) is 44.9 Å². The highest BCUT2D eigenvalue weighted by Gasteiger charge is 2.59. The van der Waals surface area contributed by atoms with Crippen molar-refractivity contribution < 1.29 is 0 Å². The molecule has 1 saturated heterocycles. The van der Waals surface area contributed by atoms with E-state index in [4.69, 9.17) is 5.73 Å². The van der Waals surface area contributed by atoms with Crippen LogP contribution in [0.2, 0.25) is 0 Å². The molecule has 4 aliphatic carbocycles. The lowest BCUT2D eigenvalue weighted by Crippen LogP contribution is -2.70. The Labute approximate surface area is 130 Å². The second-order valence-corrected chi connectivity index (χ2v) is 8.65. The van der Waals surface area contributed by atoms with Gasteiger partial charge in [0.15, 0.2) is 0 Å². The van der Waals surface area contributed by atoms with Gasteiger partial charge in [-0.25, -0.2) is 0 Å². The summed E-state index contributed by atoms with van der Waals surface area (Å²) in [5, 5.41) is 0. The first-order valence-electron chi connectivity index (χ1n) is 9.25. The van der Waals surface area contributed by atoms with E-state index >= 15 is 0 Å². The molecule has 1 heterocycles. The van der Waals surface area contributed by atoms with Crippen molar-refractivity contribution >= 4 is 0 Å². The smallest absolute Gasteiger partial charge is 0.0388 e. The summed E-state index contributed by atoms with van der Waals surface area (Å²) in [6.45, 7) is 3.41. The van der Waals surface area contributed by atoms with E-state index in [1.807, 2.05) is 0 Å². The third kappa shape index (κ3) is 2.11. The maximum atomic E-state index is 6.47. The fourth-order valence-corrected chi connectivity index (χ4v) is 6.78. The SMILES string of the molecule is CN1CCC(N(C)C2(CN)C3CC4CC(C3)CC2C4)CC1. The maximum Gasteiger partial charge on any atom is 0.0388 e. The van der Waals surface area contributed by atoms with Crippen LogP contribution < -0.4 is 5.73 Å². The molecule has 5 rings (SSSR count). The van der Waals surface area contributed by atoms with Crippen molar-refractivity contribution in [3.63, 3.8) is 0 Å². The predicted octanol–water partition coefficient (Wildman–Crippen LogP) is 2.17. The molecule has 2 N–H and O–H groups in total. The van der Waals surface area contributed by atoms with Crippen molar-refractivity contribution in [2.45, 2.75) is 56.5 Å². The van der Waals surface area contributed by atoms with Gasteiger partial charge in [0.05, 0.1) is 0 Å². The van der Waals surface area contributed by atoms with Gasteiger partial charge in [-0.2, -0.15) is 0 Å². The Morgan fingerprint density at radius 2 is 1.52 bits per heavy atom. The van der Waals surface area contributed by atoms with Gasteiger partial charge >= 0.3 is 0 Å². The number of piperidine rings is 1. The van der Waals surface area contributed by atoms with E-state index in [1.54, 1.807) is 0 Å². The molecule has 120 valence electrons. The summed E-state index contributed by atoms with van der Waals surface area (Å²) in [5.41, 5.74) is 6.81. The summed E-state index contributed by atoms with van der Waals surface area (Å²) in [5.74, 6) is 3.86. The third-order valence-electron chi connectivity index (χ3n) is 7.77. The molecule has 0 amide bonds. The molecule has 3 nitrogen and oxygen atoms in total. The molecule has 5 fully saturated rings. The molecular weight excluding hydrogens is 258 g/mol. The number of nitrogens with zero attached hydrogens (tertiary/aromatic N) is 2. The molecule has 0 aromatic rings. The molecule has 1 aliphatic heterocycles. The second kappa shape index (κ2) is 5.21. The van der Waals surface area contributed by atoms with Crippen LogP contribution in [0.25, 0.3) is 0 Å². The van der Waals surface area contributed by atoms with Crippen molar-refractivity contribution in [1.29, 1.82) is 0 Å². The Hall–Kier alpha value is -0.120. The second-order valence-electron chi connectivity index (χ2n) is 8.65. The lowest BCUT2D eigenvalue weighted by molar-refractivity contribution is -0.139. The zero-order chi connectivity index (χ0) is 14.6. The van der Waals surface area contributed by atoms with Crippen LogP contribution in [0.3, 0.4) is 0 Å². The fraction of sp³-hybridized carbons (Fsp3) is 1.00. The van der Waals surface area contributed by atoms with E-state index < -0.39 is 0 Å². The quantitative estimate of drug-likeness (QED) is 0.865. The van der Waals surface area contributed by atoms with E-state index in [2.05, 4.69) is 23.9 Å². The number of nitrogens with two attached hydrogens (primary N) is 1. The highest BCUT2D eigenvalue weighted by atomic mass is 15.3. The van der Waals surface area contributed by atoms with Crippen LogP contribution in [0.15, 0.2) is 0 Å². The summed E-state index contributed by atoms with van der Waals surface area (Å²) >= 11 is 0. The van der Waals surface area contributed by atoms with Gasteiger partial charge in [-0.05, 0) is 95.8 Å². The minimum Gasteiger partial charge on any atom is -0.329 e. The Morgan fingerprint density at radius 3 is 2.00 bits per heavy atom. The molecule has 21 heavy (non-hydrogen) atoms. The monoisotopic (exact) mass is 291 g/mol. The number of likely N-dealkylation sites (tertiary alicyclic amines) is 1. The molecule has 5 aliphatic rings. The number of rotatable bonds is 3. The largest absolute Gasteiger partial charge is 0.329 e. The van der Waals surface area contributed by atoms with Gasteiger partial charge in [-0.15, -0.1) is 0 Å². The summed E-state index contributed by atoms with van der Waals surface area (Å²) in [6.07, 6.45) is 10.1. The Kier molecular flexibility index (Phi) is 3.59. The van der Waals surface area contributed by atoms with Crippen LogP contribution >= 0.6 is 0 Å². The number of likely N-dealkylation sites (N-methyl/N-ethyl adjacent to an activating group) is 1. The van der Waals surface area contributed by atoms with Crippen LogP contribution in [0, 0.1) is 23.7 Å². The maximum absolute atomic E-state index is 6.47. The first-order chi connectivity index (χ1) is 10.1. The van der Waals surface area contributed by atoms with E-state index in [1.165, 1.54) is 58.0 Å². The van der Waals surface area contributed by atoms with Crippen molar-refractivity contribution in [3.05, 3.63) is 0 Å². The molecule has 0 aromatic carbocycles. The lowest BCUT2D eigenvalue weighted by Gasteiger charge is -2.65. The average molecular weight is 291 g/mol. The van der Waals surface area contributed by atoms with Gasteiger partial charge in [0.1, 0.15) is 0 Å². The van der Waals surface area contributed by atoms with Gasteiger partial charge in [0.25, 0.3) is 0 Å². The topological polar surface area (TPSA) is 32.5 Å². The first-order valence-corrected chi connectivity index (χ1v) is 9.25. The normalized spacial score (nSPS) is 47.4.